The molecule has 100 valence electrons. The van der Waals surface area contributed by atoms with Gasteiger partial charge in [-0.3, -0.25) is 9.48 Å². The molecule has 0 radical (unpaired) electrons. The minimum atomic E-state index is -0.278. The van der Waals surface area contributed by atoms with Crippen LogP contribution in [0.1, 0.15) is 23.6 Å². The lowest BCUT2D eigenvalue weighted by Gasteiger charge is -2.16. The van der Waals surface area contributed by atoms with Gasteiger partial charge >= 0.3 is 5.97 Å². The largest absolute Gasteiger partial charge is 0.508 e. The van der Waals surface area contributed by atoms with Gasteiger partial charge in [0.05, 0.1) is 13.5 Å². The van der Waals surface area contributed by atoms with Gasteiger partial charge in [-0.2, -0.15) is 5.10 Å². The van der Waals surface area contributed by atoms with Crippen LogP contribution in [0.2, 0.25) is 0 Å². The second kappa shape index (κ2) is 5.56. The van der Waals surface area contributed by atoms with Crippen molar-refractivity contribution in [1.29, 1.82) is 0 Å². The van der Waals surface area contributed by atoms with Crippen LogP contribution in [0.15, 0.2) is 36.5 Å². The van der Waals surface area contributed by atoms with Gasteiger partial charge in [0.1, 0.15) is 5.75 Å². The van der Waals surface area contributed by atoms with Crippen molar-refractivity contribution in [2.45, 2.75) is 12.3 Å². The van der Waals surface area contributed by atoms with Crippen molar-refractivity contribution >= 4 is 5.97 Å². The first kappa shape index (κ1) is 13.1. The number of esters is 1. The Hall–Kier alpha value is -2.30. The Bertz CT molecular complexity index is 560. The zero-order valence-corrected chi connectivity index (χ0v) is 10.9. The first-order valence-electron chi connectivity index (χ1n) is 5.95. The van der Waals surface area contributed by atoms with Crippen LogP contribution in [0.25, 0.3) is 0 Å². The number of phenolic OH excluding ortho intramolecular Hbond substituents is 1. The predicted molar refractivity (Wildman–Crippen MR) is 69.8 cm³/mol. The van der Waals surface area contributed by atoms with Crippen LogP contribution < -0.4 is 0 Å². The maximum absolute atomic E-state index is 11.6. The fourth-order valence-electron chi connectivity index (χ4n) is 2.08. The first-order valence-corrected chi connectivity index (χ1v) is 5.95. The van der Waals surface area contributed by atoms with Crippen LogP contribution in [0.3, 0.4) is 0 Å². The Morgan fingerprint density at radius 3 is 2.58 bits per heavy atom. The molecule has 0 aliphatic heterocycles. The number of aromatic nitrogens is 2. The number of ether oxygens (including phenoxy) is 1. The number of aryl methyl sites for hydroxylation is 1. The van der Waals surface area contributed by atoms with Gasteiger partial charge in [0.15, 0.2) is 0 Å². The van der Waals surface area contributed by atoms with E-state index >= 15 is 0 Å². The highest BCUT2D eigenvalue weighted by molar-refractivity contribution is 5.71. The summed E-state index contributed by atoms with van der Waals surface area (Å²) in [6, 6.07) is 8.69. The van der Waals surface area contributed by atoms with Crippen LogP contribution in [-0.2, 0) is 16.6 Å². The minimum absolute atomic E-state index is 0.138. The Labute approximate surface area is 111 Å². The molecule has 0 bridgehead atoms. The number of hydrogen-bond donors (Lipinski definition) is 1. The molecular formula is C14H16N2O3. The molecule has 1 heterocycles. The molecular weight excluding hydrogens is 244 g/mol. The van der Waals surface area contributed by atoms with E-state index in [2.05, 4.69) is 5.10 Å². The molecule has 2 aromatic rings. The highest BCUT2D eigenvalue weighted by Crippen LogP contribution is 2.29. The van der Waals surface area contributed by atoms with Crippen molar-refractivity contribution in [1.82, 2.24) is 9.78 Å². The summed E-state index contributed by atoms with van der Waals surface area (Å²) in [5.74, 6) is -0.217. The zero-order valence-electron chi connectivity index (χ0n) is 10.9. The van der Waals surface area contributed by atoms with E-state index < -0.39 is 0 Å². The van der Waals surface area contributed by atoms with E-state index in [-0.39, 0.29) is 24.1 Å². The Morgan fingerprint density at radius 1 is 1.37 bits per heavy atom. The van der Waals surface area contributed by atoms with Gasteiger partial charge in [0, 0.05) is 24.9 Å². The molecule has 2 rings (SSSR count). The quantitative estimate of drug-likeness (QED) is 0.852. The van der Waals surface area contributed by atoms with Crippen LogP contribution in [0.5, 0.6) is 5.75 Å². The molecule has 0 saturated heterocycles. The number of hydrogen-bond acceptors (Lipinski definition) is 4. The van der Waals surface area contributed by atoms with E-state index in [1.165, 1.54) is 7.11 Å². The fraction of sp³-hybridized carbons (Fsp3) is 0.286. The van der Waals surface area contributed by atoms with Crippen molar-refractivity contribution in [3.63, 3.8) is 0 Å². The summed E-state index contributed by atoms with van der Waals surface area (Å²) in [6.45, 7) is 0. The second-order valence-electron chi connectivity index (χ2n) is 4.30. The average molecular weight is 260 g/mol. The van der Waals surface area contributed by atoms with Crippen molar-refractivity contribution in [2.75, 3.05) is 7.11 Å². The highest BCUT2D eigenvalue weighted by Gasteiger charge is 2.21. The van der Waals surface area contributed by atoms with E-state index in [1.807, 2.05) is 13.1 Å². The fourth-order valence-corrected chi connectivity index (χ4v) is 2.08. The van der Waals surface area contributed by atoms with Crippen molar-refractivity contribution in [2.24, 2.45) is 7.05 Å². The lowest BCUT2D eigenvalue weighted by atomic mass is 9.92. The summed E-state index contributed by atoms with van der Waals surface area (Å²) in [7, 11) is 3.21. The van der Waals surface area contributed by atoms with E-state index in [0.29, 0.717) is 0 Å². The standard InChI is InChI=1S/C14H16N2O3/c1-16-13(7-8-15-16)12(9-14(18)19-2)10-3-5-11(17)6-4-10/h3-8,12,17H,9H2,1-2H3. The Kier molecular flexibility index (Phi) is 3.85. The van der Waals surface area contributed by atoms with Gasteiger partial charge in [-0.15, -0.1) is 0 Å². The van der Waals surface area contributed by atoms with Crippen LogP contribution in [0.4, 0.5) is 0 Å². The lowest BCUT2D eigenvalue weighted by Crippen LogP contribution is -2.13. The first-order chi connectivity index (χ1) is 9.11. The molecule has 0 amide bonds. The molecule has 0 fully saturated rings. The number of carbonyl (C=O) groups is 1. The predicted octanol–water partition coefficient (Wildman–Crippen LogP) is 1.82. The summed E-state index contributed by atoms with van der Waals surface area (Å²) in [6.07, 6.45) is 1.93. The Balaban J connectivity index is 2.37. The molecule has 0 saturated carbocycles. The SMILES string of the molecule is COC(=O)CC(c1ccc(O)cc1)c1ccnn1C. The van der Waals surface area contributed by atoms with Crippen LogP contribution >= 0.6 is 0 Å². The van der Waals surface area contributed by atoms with Gasteiger partial charge in [0.2, 0.25) is 0 Å². The third kappa shape index (κ3) is 2.93. The summed E-state index contributed by atoms with van der Waals surface area (Å²) < 4.78 is 6.48. The van der Waals surface area contributed by atoms with Crippen molar-refractivity contribution in [3.8, 4) is 5.75 Å². The van der Waals surface area contributed by atoms with E-state index in [1.54, 1.807) is 35.1 Å². The van der Waals surface area contributed by atoms with E-state index in [9.17, 15) is 9.90 Å². The highest BCUT2D eigenvalue weighted by atomic mass is 16.5. The summed E-state index contributed by atoms with van der Waals surface area (Å²) in [5, 5.41) is 13.5. The number of rotatable bonds is 4. The van der Waals surface area contributed by atoms with Gasteiger partial charge in [-0.05, 0) is 23.8 Å². The monoisotopic (exact) mass is 260 g/mol. The zero-order chi connectivity index (χ0) is 13.8. The van der Waals surface area contributed by atoms with Crippen molar-refractivity contribution in [3.05, 3.63) is 47.8 Å². The summed E-state index contributed by atoms with van der Waals surface area (Å²) in [5.41, 5.74) is 1.86. The smallest absolute Gasteiger partial charge is 0.306 e. The summed E-state index contributed by atoms with van der Waals surface area (Å²) >= 11 is 0. The maximum atomic E-state index is 11.6. The van der Waals surface area contributed by atoms with Gasteiger partial charge in [-0.25, -0.2) is 0 Å². The normalized spacial score (nSPS) is 12.1. The molecule has 5 nitrogen and oxygen atoms in total. The molecule has 5 heteroatoms. The third-order valence-electron chi connectivity index (χ3n) is 3.11. The molecule has 1 aromatic carbocycles. The number of methoxy groups -OCH3 is 1. The Morgan fingerprint density at radius 2 is 2.05 bits per heavy atom. The van der Waals surface area contributed by atoms with Gasteiger partial charge in [-0.1, -0.05) is 12.1 Å². The van der Waals surface area contributed by atoms with Crippen molar-refractivity contribution < 1.29 is 14.6 Å². The van der Waals surface area contributed by atoms with Gasteiger partial charge in [0.25, 0.3) is 0 Å². The lowest BCUT2D eigenvalue weighted by molar-refractivity contribution is -0.140. The average Bonchev–Trinajstić information content (AvgIpc) is 2.83. The number of benzene rings is 1. The minimum Gasteiger partial charge on any atom is -0.508 e. The molecule has 0 aliphatic carbocycles. The molecule has 0 spiro atoms. The number of nitrogens with zero attached hydrogens (tertiary/aromatic N) is 2. The third-order valence-corrected chi connectivity index (χ3v) is 3.11. The molecule has 1 atom stereocenters. The topological polar surface area (TPSA) is 64.3 Å². The molecule has 1 aromatic heterocycles. The van der Waals surface area contributed by atoms with E-state index in [0.717, 1.165) is 11.3 Å². The number of phenols is 1. The van der Waals surface area contributed by atoms with E-state index in [4.69, 9.17) is 4.74 Å². The number of aromatic hydroxyl groups is 1. The molecule has 1 N–H and O–H groups in total. The van der Waals surface area contributed by atoms with Crippen LogP contribution in [-0.4, -0.2) is 28.0 Å². The summed E-state index contributed by atoms with van der Waals surface area (Å²) in [4.78, 5) is 11.6. The second-order valence-corrected chi connectivity index (χ2v) is 4.30. The molecule has 0 aliphatic rings. The number of carbonyl (C=O) groups excluding carboxylic acids is 1. The van der Waals surface area contributed by atoms with Crippen LogP contribution in [0, 0.1) is 0 Å². The maximum Gasteiger partial charge on any atom is 0.306 e. The van der Waals surface area contributed by atoms with Gasteiger partial charge < -0.3 is 9.84 Å². The molecule has 19 heavy (non-hydrogen) atoms. The molecule has 1 unspecified atom stereocenters.